The van der Waals surface area contributed by atoms with Crippen LogP contribution in [0.4, 0.5) is 14.5 Å². The van der Waals surface area contributed by atoms with Crippen LogP contribution in [0.3, 0.4) is 0 Å². The molecule has 3 rings (SSSR count). The second-order valence-electron chi connectivity index (χ2n) is 6.93. The first-order valence-corrected chi connectivity index (χ1v) is 10.6. The molecule has 1 amide bonds. The lowest BCUT2D eigenvalue weighted by atomic mass is 10.0. The number of nitrogens with one attached hydrogen (secondary N) is 3. The molecule has 2 aromatic carbocycles. The molecule has 0 aliphatic rings. The Morgan fingerprint density at radius 2 is 1.87 bits per heavy atom. The van der Waals surface area contributed by atoms with Crippen molar-refractivity contribution in [3.8, 4) is 0 Å². The van der Waals surface area contributed by atoms with Crippen molar-refractivity contribution in [2.45, 2.75) is 32.2 Å². The van der Waals surface area contributed by atoms with Gasteiger partial charge in [0, 0.05) is 28.8 Å². The van der Waals surface area contributed by atoms with E-state index in [2.05, 4.69) is 20.0 Å². The highest BCUT2D eigenvalue weighted by molar-refractivity contribution is 7.80. The lowest BCUT2D eigenvalue weighted by Gasteiger charge is -2.18. The number of imidazole rings is 1. The zero-order chi connectivity index (χ0) is 22.4. The number of H-pyrrole nitrogens is 1. The molecular weight excluding hydrogens is 426 g/mol. The number of aryl methyl sites for hydroxylation is 1. The number of aromatic nitrogens is 2. The number of anilines is 1. The summed E-state index contributed by atoms with van der Waals surface area (Å²) in [5.41, 5.74) is 2.52. The van der Waals surface area contributed by atoms with Gasteiger partial charge in [-0.2, -0.15) is 0 Å². The lowest BCUT2D eigenvalue weighted by molar-refractivity contribution is -0.121. The SMILES string of the molecule is CCc1cnc([C@H](Cc2ccc(NS(=O)[O-])cc2)NC(=O)Cc2ccc(F)c(F)c2)[nH]1. The van der Waals surface area contributed by atoms with Gasteiger partial charge in [-0.1, -0.05) is 25.1 Å². The average Bonchev–Trinajstić information content (AvgIpc) is 3.20. The normalized spacial score (nSPS) is 12.9. The van der Waals surface area contributed by atoms with Crippen LogP contribution in [0.15, 0.2) is 48.7 Å². The molecule has 0 saturated carbocycles. The molecule has 3 N–H and O–H groups in total. The highest BCUT2D eigenvalue weighted by Gasteiger charge is 2.19. The van der Waals surface area contributed by atoms with Gasteiger partial charge in [-0.25, -0.2) is 13.8 Å². The molecule has 7 nitrogen and oxygen atoms in total. The van der Waals surface area contributed by atoms with E-state index >= 15 is 0 Å². The van der Waals surface area contributed by atoms with Gasteiger partial charge in [0.25, 0.3) is 0 Å². The topological polar surface area (TPSA) is 110 Å². The Labute approximate surface area is 180 Å². The molecule has 164 valence electrons. The van der Waals surface area contributed by atoms with Crippen LogP contribution in [0.1, 0.15) is 35.6 Å². The molecule has 1 heterocycles. The Balaban J connectivity index is 1.75. The van der Waals surface area contributed by atoms with Gasteiger partial charge in [0.1, 0.15) is 5.82 Å². The van der Waals surface area contributed by atoms with E-state index in [1.54, 1.807) is 30.5 Å². The number of carbonyl (C=O) groups is 1. The highest BCUT2D eigenvalue weighted by atomic mass is 32.2. The zero-order valence-electron chi connectivity index (χ0n) is 16.7. The highest BCUT2D eigenvalue weighted by Crippen LogP contribution is 2.19. The maximum atomic E-state index is 13.4. The van der Waals surface area contributed by atoms with Gasteiger partial charge in [-0.3, -0.25) is 9.00 Å². The zero-order valence-corrected chi connectivity index (χ0v) is 17.5. The van der Waals surface area contributed by atoms with Gasteiger partial charge in [0.05, 0.1) is 12.5 Å². The van der Waals surface area contributed by atoms with Crippen molar-refractivity contribution in [1.82, 2.24) is 15.3 Å². The fourth-order valence-corrected chi connectivity index (χ4v) is 3.40. The molecule has 0 spiro atoms. The predicted molar refractivity (Wildman–Crippen MR) is 112 cm³/mol. The van der Waals surface area contributed by atoms with Gasteiger partial charge in [-0.05, 0) is 48.2 Å². The second kappa shape index (κ2) is 10.3. The number of carbonyl (C=O) groups excluding carboxylic acids is 1. The minimum atomic E-state index is -2.41. The van der Waals surface area contributed by atoms with Crippen LogP contribution >= 0.6 is 0 Å². The first-order chi connectivity index (χ1) is 14.8. The van der Waals surface area contributed by atoms with E-state index in [-0.39, 0.29) is 12.3 Å². The molecule has 1 unspecified atom stereocenters. The fraction of sp³-hybridized carbons (Fsp3) is 0.238. The molecule has 0 aliphatic carbocycles. The summed E-state index contributed by atoms with van der Waals surface area (Å²) in [7, 11) is 0. The van der Waals surface area contributed by atoms with Gasteiger partial charge in [-0.15, -0.1) is 0 Å². The van der Waals surface area contributed by atoms with Crippen molar-refractivity contribution in [3.05, 3.63) is 82.9 Å². The Kier molecular flexibility index (Phi) is 7.48. The summed E-state index contributed by atoms with van der Waals surface area (Å²) in [5, 5.41) is 2.89. The summed E-state index contributed by atoms with van der Waals surface area (Å²) in [4.78, 5) is 20.1. The first-order valence-electron chi connectivity index (χ1n) is 9.56. The molecule has 1 aromatic heterocycles. The van der Waals surface area contributed by atoms with E-state index in [0.29, 0.717) is 23.5 Å². The standard InChI is InChI=1S/C21H22F2N4O3S/c1-2-15-12-24-21(25-15)19(10-13-3-6-16(7-4-13)27-31(29)30)26-20(28)11-14-5-8-17(22)18(23)9-14/h3-9,12,19,27H,2,10-11H2,1H3,(H,24,25)(H,26,28)(H,29,30)/p-1/t19-/m0/s1. The number of amides is 1. The van der Waals surface area contributed by atoms with E-state index in [1.807, 2.05) is 6.92 Å². The van der Waals surface area contributed by atoms with Crippen LogP contribution in [0.25, 0.3) is 0 Å². The number of aromatic amines is 1. The van der Waals surface area contributed by atoms with Crippen LogP contribution < -0.4 is 10.0 Å². The summed E-state index contributed by atoms with van der Waals surface area (Å²) in [6, 6.07) is 9.57. The number of rotatable bonds is 9. The van der Waals surface area contributed by atoms with Crippen LogP contribution in [0, 0.1) is 11.6 Å². The minimum absolute atomic E-state index is 0.118. The van der Waals surface area contributed by atoms with E-state index in [9.17, 15) is 22.3 Å². The third kappa shape index (κ3) is 6.43. The summed E-state index contributed by atoms with van der Waals surface area (Å²) < 4.78 is 50.3. The largest absolute Gasteiger partial charge is 0.755 e. The number of nitrogens with zero attached hydrogens (tertiary/aromatic N) is 1. The monoisotopic (exact) mass is 447 g/mol. The maximum Gasteiger partial charge on any atom is 0.225 e. The summed E-state index contributed by atoms with van der Waals surface area (Å²) in [6.07, 6.45) is 2.71. The predicted octanol–water partition coefficient (Wildman–Crippen LogP) is 3.10. The molecule has 0 saturated heterocycles. The molecule has 31 heavy (non-hydrogen) atoms. The number of hydrogen-bond acceptors (Lipinski definition) is 4. The molecule has 2 atom stereocenters. The van der Waals surface area contributed by atoms with Gasteiger partial charge in [0.2, 0.25) is 5.91 Å². The van der Waals surface area contributed by atoms with Crippen LogP contribution in [0.5, 0.6) is 0 Å². The number of benzene rings is 2. The van der Waals surface area contributed by atoms with E-state index in [1.165, 1.54) is 6.07 Å². The Hall–Kier alpha value is -3.11. The van der Waals surface area contributed by atoms with Crippen molar-refractivity contribution in [3.63, 3.8) is 0 Å². The average molecular weight is 447 g/mol. The molecule has 10 heteroatoms. The van der Waals surface area contributed by atoms with Crippen LogP contribution in [-0.2, 0) is 35.3 Å². The van der Waals surface area contributed by atoms with E-state index in [0.717, 1.165) is 29.8 Å². The second-order valence-corrected chi connectivity index (χ2v) is 7.60. The number of halogens is 2. The quantitative estimate of drug-likeness (QED) is 0.438. The smallest absolute Gasteiger partial charge is 0.225 e. The minimum Gasteiger partial charge on any atom is -0.755 e. The summed E-state index contributed by atoms with van der Waals surface area (Å²) in [5.74, 6) is -1.78. The van der Waals surface area contributed by atoms with Gasteiger partial charge in [0.15, 0.2) is 11.6 Å². The van der Waals surface area contributed by atoms with Crippen LogP contribution in [-0.4, -0.2) is 24.6 Å². The molecular formula is C21H21F2N4O3S-. The van der Waals surface area contributed by atoms with E-state index < -0.39 is 28.9 Å². The number of hydrogen-bond donors (Lipinski definition) is 3. The fourth-order valence-electron chi connectivity index (χ4n) is 3.07. The Morgan fingerprint density at radius 1 is 1.16 bits per heavy atom. The van der Waals surface area contributed by atoms with Crippen LogP contribution in [0.2, 0.25) is 0 Å². The third-order valence-corrected chi connectivity index (χ3v) is 5.04. The van der Waals surface area contributed by atoms with Crippen molar-refractivity contribution in [2.24, 2.45) is 0 Å². The molecule has 0 radical (unpaired) electrons. The lowest BCUT2D eigenvalue weighted by Crippen LogP contribution is -2.32. The third-order valence-electron chi connectivity index (χ3n) is 4.64. The Bertz CT molecular complexity index is 1070. The van der Waals surface area contributed by atoms with Crippen molar-refractivity contribution >= 4 is 22.9 Å². The van der Waals surface area contributed by atoms with Crippen molar-refractivity contribution in [1.29, 1.82) is 0 Å². The molecule has 0 aliphatic heterocycles. The Morgan fingerprint density at radius 3 is 2.48 bits per heavy atom. The molecule has 0 bridgehead atoms. The van der Waals surface area contributed by atoms with Crippen molar-refractivity contribution < 1.29 is 22.3 Å². The van der Waals surface area contributed by atoms with Gasteiger partial charge >= 0.3 is 0 Å². The molecule has 0 fully saturated rings. The summed E-state index contributed by atoms with van der Waals surface area (Å²) >= 11 is -2.41. The first kappa shape index (κ1) is 22.6. The van der Waals surface area contributed by atoms with E-state index in [4.69, 9.17) is 0 Å². The summed E-state index contributed by atoms with van der Waals surface area (Å²) in [6.45, 7) is 1.97. The maximum absolute atomic E-state index is 13.4. The molecule has 3 aromatic rings. The van der Waals surface area contributed by atoms with Crippen molar-refractivity contribution in [2.75, 3.05) is 4.72 Å². The van der Waals surface area contributed by atoms with Gasteiger partial charge < -0.3 is 19.6 Å².